The third kappa shape index (κ3) is 4.20. The molecule has 21 heavy (non-hydrogen) atoms. The zero-order chi connectivity index (χ0) is 16.2. The quantitative estimate of drug-likeness (QED) is 0.462. The molecule has 1 saturated carbocycles. The third-order valence-corrected chi connectivity index (χ3v) is 3.17. The second-order valence-corrected chi connectivity index (χ2v) is 4.55. The van der Waals surface area contributed by atoms with Crippen LogP contribution in [-0.2, 0) is 14.3 Å². The second-order valence-electron chi connectivity index (χ2n) is 4.55. The normalized spacial score (nSPS) is 24.0. The van der Waals surface area contributed by atoms with Crippen LogP contribution in [0.5, 0.6) is 0 Å². The van der Waals surface area contributed by atoms with E-state index in [2.05, 4.69) is 9.73 Å². The molecule has 0 spiro atoms. The van der Waals surface area contributed by atoms with Crippen molar-refractivity contribution < 1.29 is 32.6 Å². The Kier molecular flexibility index (Phi) is 5.34. The van der Waals surface area contributed by atoms with Crippen molar-refractivity contribution in [3.8, 4) is 0 Å². The topological polar surface area (TPSA) is 102 Å². The van der Waals surface area contributed by atoms with Crippen LogP contribution in [0.4, 0.5) is 13.2 Å². The van der Waals surface area contributed by atoms with E-state index in [9.17, 15) is 22.8 Å². The lowest BCUT2D eigenvalue weighted by Crippen LogP contribution is -2.30. The molecule has 0 radical (unpaired) electrons. The predicted octanol–water partition coefficient (Wildman–Crippen LogP) is 1.26. The molecule has 0 unspecified atom stereocenters. The number of nitrogens with zero attached hydrogens (tertiary/aromatic N) is 1. The lowest BCUT2D eigenvalue weighted by molar-refractivity contribution is -0.145. The number of alkyl halides is 3. The number of rotatable bonds is 4. The highest BCUT2D eigenvalue weighted by molar-refractivity contribution is 6.21. The van der Waals surface area contributed by atoms with E-state index in [-0.39, 0.29) is 12.8 Å². The van der Waals surface area contributed by atoms with Crippen LogP contribution in [-0.4, -0.2) is 42.1 Å². The van der Waals surface area contributed by atoms with Crippen molar-refractivity contribution in [2.75, 3.05) is 7.11 Å². The fourth-order valence-corrected chi connectivity index (χ4v) is 2.19. The number of aliphatic imine (C=N–C) groups is 1. The zero-order valence-corrected chi connectivity index (χ0v) is 11.2. The van der Waals surface area contributed by atoms with Gasteiger partial charge in [-0.2, -0.15) is 13.2 Å². The molecule has 1 aliphatic carbocycles. The van der Waals surface area contributed by atoms with Gasteiger partial charge >= 0.3 is 18.1 Å². The molecule has 2 atom stereocenters. The maximum Gasteiger partial charge on any atom is 0.433 e. The average molecular weight is 308 g/mol. The Morgan fingerprint density at radius 1 is 1.38 bits per heavy atom. The van der Waals surface area contributed by atoms with Gasteiger partial charge in [-0.25, -0.2) is 4.79 Å². The van der Waals surface area contributed by atoms with E-state index >= 15 is 0 Å². The number of carbonyl (C=O) groups excluding carboxylic acids is 1. The van der Waals surface area contributed by atoms with Crippen molar-refractivity contribution in [1.29, 1.82) is 0 Å². The summed E-state index contributed by atoms with van der Waals surface area (Å²) in [5, 5.41) is 8.76. The summed E-state index contributed by atoms with van der Waals surface area (Å²) in [7, 11) is 1.19. The molecular weight excluding hydrogens is 293 g/mol. The van der Waals surface area contributed by atoms with Gasteiger partial charge in [0.05, 0.1) is 19.1 Å². The summed E-state index contributed by atoms with van der Waals surface area (Å²) in [5.41, 5.74) is 2.30. The Morgan fingerprint density at radius 2 is 2.00 bits per heavy atom. The second kappa shape index (κ2) is 6.59. The Balaban J connectivity index is 3.01. The summed E-state index contributed by atoms with van der Waals surface area (Å²) < 4.78 is 43.3. The number of hydrogen-bond acceptors (Lipinski definition) is 5. The van der Waals surface area contributed by atoms with E-state index in [1.165, 1.54) is 7.11 Å². The van der Waals surface area contributed by atoms with E-state index in [4.69, 9.17) is 10.8 Å². The predicted molar refractivity (Wildman–Crippen MR) is 66.5 cm³/mol. The monoisotopic (exact) mass is 308 g/mol. The van der Waals surface area contributed by atoms with Gasteiger partial charge in [0.15, 0.2) is 5.71 Å². The van der Waals surface area contributed by atoms with E-state index < -0.39 is 41.4 Å². The molecule has 1 rings (SSSR count). The average Bonchev–Trinajstić information content (AvgIpc) is 2.84. The number of ether oxygens (including phenoxy) is 1. The molecule has 0 aromatic heterocycles. The van der Waals surface area contributed by atoms with Crippen LogP contribution in [0.25, 0.3) is 0 Å². The first-order chi connectivity index (χ1) is 9.70. The molecule has 0 heterocycles. The summed E-state index contributed by atoms with van der Waals surface area (Å²) in [6.07, 6.45) is -3.89. The molecular formula is C12H15F3N2O4. The van der Waals surface area contributed by atoms with Gasteiger partial charge in [-0.05, 0) is 19.3 Å². The first-order valence-electron chi connectivity index (χ1n) is 6.09. The van der Waals surface area contributed by atoms with Crippen LogP contribution < -0.4 is 5.73 Å². The van der Waals surface area contributed by atoms with E-state index in [1.54, 1.807) is 0 Å². The number of nitrogens with two attached hydrogens (primary N) is 1. The SMILES string of the molecule is COC(=O)[C@H]1CC[C@@H](N=C(C(=CN)C(=O)O)C(F)(F)F)C1. The van der Waals surface area contributed by atoms with E-state index in [0.717, 1.165) is 0 Å². The minimum absolute atomic E-state index is 0.0870. The molecule has 0 bridgehead atoms. The van der Waals surface area contributed by atoms with Crippen molar-refractivity contribution >= 4 is 17.7 Å². The summed E-state index contributed by atoms with van der Waals surface area (Å²) in [6, 6.07) is -0.792. The van der Waals surface area contributed by atoms with Gasteiger partial charge in [0, 0.05) is 6.20 Å². The van der Waals surface area contributed by atoms with E-state index in [1.807, 2.05) is 0 Å². The fraction of sp³-hybridized carbons (Fsp3) is 0.583. The summed E-state index contributed by atoms with van der Waals surface area (Å²) in [4.78, 5) is 25.6. The Labute approximate surface area is 118 Å². The Bertz CT molecular complexity index is 485. The van der Waals surface area contributed by atoms with Gasteiger partial charge in [0.25, 0.3) is 0 Å². The van der Waals surface area contributed by atoms with Crippen molar-refractivity contribution in [3.05, 3.63) is 11.8 Å². The number of esters is 1. The molecule has 1 aliphatic rings. The van der Waals surface area contributed by atoms with Crippen molar-refractivity contribution in [2.45, 2.75) is 31.5 Å². The van der Waals surface area contributed by atoms with Crippen molar-refractivity contribution in [2.24, 2.45) is 16.6 Å². The van der Waals surface area contributed by atoms with Crippen LogP contribution in [0.2, 0.25) is 0 Å². The molecule has 118 valence electrons. The first kappa shape index (κ1) is 17.0. The van der Waals surface area contributed by atoms with Gasteiger partial charge in [0.1, 0.15) is 5.57 Å². The highest BCUT2D eigenvalue weighted by Crippen LogP contribution is 2.31. The lowest BCUT2D eigenvalue weighted by atomic mass is 10.1. The molecule has 3 N–H and O–H groups in total. The molecule has 1 fully saturated rings. The largest absolute Gasteiger partial charge is 0.478 e. The molecule has 9 heteroatoms. The number of methoxy groups -OCH3 is 1. The number of carboxylic acids is 1. The van der Waals surface area contributed by atoms with Crippen LogP contribution in [0.3, 0.4) is 0 Å². The maximum absolute atomic E-state index is 12.9. The number of carbonyl (C=O) groups is 2. The van der Waals surface area contributed by atoms with Gasteiger partial charge in [-0.3, -0.25) is 9.79 Å². The summed E-state index contributed by atoms with van der Waals surface area (Å²) >= 11 is 0. The maximum atomic E-state index is 12.9. The molecule has 6 nitrogen and oxygen atoms in total. The highest BCUT2D eigenvalue weighted by Gasteiger charge is 2.42. The number of aliphatic carboxylic acids is 1. The van der Waals surface area contributed by atoms with Crippen LogP contribution in [0.15, 0.2) is 16.8 Å². The number of halogens is 3. The van der Waals surface area contributed by atoms with Crippen LogP contribution in [0, 0.1) is 5.92 Å². The molecule has 0 saturated heterocycles. The minimum Gasteiger partial charge on any atom is -0.478 e. The smallest absolute Gasteiger partial charge is 0.433 e. The van der Waals surface area contributed by atoms with Gasteiger partial charge in [-0.15, -0.1) is 0 Å². The summed E-state index contributed by atoms with van der Waals surface area (Å²) in [6.45, 7) is 0. The Hall–Kier alpha value is -2.06. The van der Waals surface area contributed by atoms with Crippen LogP contribution >= 0.6 is 0 Å². The Morgan fingerprint density at radius 3 is 2.43 bits per heavy atom. The van der Waals surface area contributed by atoms with Gasteiger partial charge < -0.3 is 15.6 Å². The van der Waals surface area contributed by atoms with Crippen molar-refractivity contribution in [1.82, 2.24) is 0 Å². The highest BCUT2D eigenvalue weighted by atomic mass is 19.4. The minimum atomic E-state index is -4.94. The summed E-state index contributed by atoms with van der Waals surface area (Å²) in [5.74, 6) is -2.83. The molecule has 0 aromatic rings. The number of carboxylic acid groups (broad SMARTS) is 1. The molecule has 0 amide bonds. The van der Waals surface area contributed by atoms with Gasteiger partial charge in [-0.1, -0.05) is 0 Å². The zero-order valence-electron chi connectivity index (χ0n) is 11.2. The van der Waals surface area contributed by atoms with Crippen LogP contribution in [0.1, 0.15) is 19.3 Å². The standard InChI is InChI=1S/C12H15F3N2O4/c1-21-11(20)6-2-3-7(4-6)17-9(12(13,14)15)8(5-16)10(18)19/h5-7H,2-4,16H2,1H3,(H,18,19)/t6-,7+/m0/s1. The number of hydrogen-bond donors (Lipinski definition) is 2. The van der Waals surface area contributed by atoms with Crippen molar-refractivity contribution in [3.63, 3.8) is 0 Å². The van der Waals surface area contributed by atoms with E-state index in [0.29, 0.717) is 12.6 Å². The molecule has 0 aliphatic heterocycles. The molecule has 0 aromatic carbocycles. The third-order valence-electron chi connectivity index (χ3n) is 3.17. The lowest BCUT2D eigenvalue weighted by Gasteiger charge is -2.14. The van der Waals surface area contributed by atoms with Gasteiger partial charge in [0.2, 0.25) is 0 Å². The fourth-order valence-electron chi connectivity index (χ4n) is 2.19. The first-order valence-corrected chi connectivity index (χ1v) is 6.09.